The average Bonchev–Trinajstić information content (AvgIpc) is 2.78. The molecule has 1 saturated heterocycles. The first-order valence-electron chi connectivity index (χ1n) is 7.68. The lowest BCUT2D eigenvalue weighted by Crippen LogP contribution is -2.55. The van der Waals surface area contributed by atoms with Crippen molar-refractivity contribution in [2.75, 3.05) is 20.1 Å². The van der Waals surface area contributed by atoms with E-state index < -0.39 is 0 Å². The molecule has 0 radical (unpaired) electrons. The maximum Gasteiger partial charge on any atom is 0.246 e. The van der Waals surface area contributed by atoms with Crippen molar-refractivity contribution in [3.63, 3.8) is 0 Å². The number of nitrogens with zero attached hydrogens (tertiary/aromatic N) is 3. The van der Waals surface area contributed by atoms with Gasteiger partial charge in [-0.2, -0.15) is 0 Å². The molecule has 1 aromatic heterocycles. The number of hydrogen-bond acceptors (Lipinski definition) is 3. The second-order valence-electron chi connectivity index (χ2n) is 6.13. The van der Waals surface area contributed by atoms with Crippen molar-refractivity contribution in [3.05, 3.63) is 42.7 Å². The summed E-state index contributed by atoms with van der Waals surface area (Å²) in [6.45, 7) is 4.32. The van der Waals surface area contributed by atoms with Crippen LogP contribution in [0.4, 0.5) is 0 Å². The summed E-state index contributed by atoms with van der Waals surface area (Å²) < 4.78 is 0. The second-order valence-corrected chi connectivity index (χ2v) is 6.13. The first kappa shape index (κ1) is 14.8. The van der Waals surface area contributed by atoms with Crippen molar-refractivity contribution in [3.8, 4) is 0 Å². The Labute approximate surface area is 130 Å². The molecule has 0 unspecified atom stereocenters. The van der Waals surface area contributed by atoms with Crippen LogP contribution < -0.4 is 0 Å². The Bertz CT molecular complexity index is 601. The topological polar surface area (TPSA) is 53.5 Å². The molecule has 2 atom stereocenters. The van der Waals surface area contributed by atoms with Crippen LogP contribution in [0.3, 0.4) is 0 Å². The van der Waals surface area contributed by atoms with Crippen LogP contribution >= 0.6 is 0 Å². The van der Waals surface area contributed by atoms with Gasteiger partial charge in [-0.3, -0.25) is 14.6 Å². The van der Waals surface area contributed by atoms with Gasteiger partial charge in [0.1, 0.15) is 0 Å². The van der Waals surface area contributed by atoms with E-state index in [4.69, 9.17) is 0 Å². The Hall–Kier alpha value is -2.17. The van der Waals surface area contributed by atoms with E-state index in [0.29, 0.717) is 5.92 Å². The highest BCUT2D eigenvalue weighted by molar-refractivity contribution is 5.91. The molecule has 2 fully saturated rings. The molecule has 0 aromatic carbocycles. The third kappa shape index (κ3) is 2.12. The predicted octanol–water partition coefficient (Wildman–Crippen LogP) is 1.56. The van der Waals surface area contributed by atoms with E-state index in [2.05, 4.69) is 17.6 Å². The summed E-state index contributed by atoms with van der Waals surface area (Å²) in [4.78, 5) is 31.9. The van der Waals surface area contributed by atoms with Crippen molar-refractivity contribution in [1.29, 1.82) is 0 Å². The summed E-state index contributed by atoms with van der Waals surface area (Å²) in [5, 5.41) is 0. The lowest BCUT2D eigenvalue weighted by Gasteiger charge is -2.50. The van der Waals surface area contributed by atoms with E-state index in [1.165, 1.54) is 11.0 Å². The number of amides is 2. The summed E-state index contributed by atoms with van der Waals surface area (Å²) >= 11 is 0. The molecular weight excluding hydrogens is 278 g/mol. The predicted molar refractivity (Wildman–Crippen MR) is 82.8 cm³/mol. The smallest absolute Gasteiger partial charge is 0.246 e. The largest absolute Gasteiger partial charge is 0.333 e. The molecule has 0 bridgehead atoms. The zero-order valence-corrected chi connectivity index (χ0v) is 12.9. The van der Waals surface area contributed by atoms with E-state index in [9.17, 15) is 9.59 Å². The van der Waals surface area contributed by atoms with Gasteiger partial charge in [0.25, 0.3) is 0 Å². The van der Waals surface area contributed by atoms with Gasteiger partial charge >= 0.3 is 0 Å². The average molecular weight is 299 g/mol. The van der Waals surface area contributed by atoms with Crippen molar-refractivity contribution in [2.45, 2.75) is 24.8 Å². The molecule has 2 aliphatic rings. The van der Waals surface area contributed by atoms with Crippen molar-refractivity contribution < 1.29 is 9.59 Å². The third-order valence-electron chi connectivity index (χ3n) is 5.12. The van der Waals surface area contributed by atoms with E-state index in [1.54, 1.807) is 13.2 Å². The van der Waals surface area contributed by atoms with Crippen LogP contribution in [0.15, 0.2) is 37.2 Å². The van der Waals surface area contributed by atoms with Crippen molar-refractivity contribution >= 4 is 11.8 Å². The molecule has 2 heterocycles. The number of likely N-dealkylation sites (N-methyl/N-ethyl adjacent to an activating group) is 1. The highest BCUT2D eigenvalue weighted by atomic mass is 16.2. The Morgan fingerprint density at radius 2 is 2.36 bits per heavy atom. The highest BCUT2D eigenvalue weighted by Gasteiger charge is 2.57. The first-order chi connectivity index (χ1) is 10.6. The SMILES string of the molecule is C=CC(=O)N(C)CC(=O)N1CC[C@@H]2CC[C@@]21c1cccnc1. The van der Waals surface area contributed by atoms with Gasteiger partial charge in [-0.15, -0.1) is 0 Å². The minimum absolute atomic E-state index is 0.00348. The summed E-state index contributed by atoms with van der Waals surface area (Å²) in [7, 11) is 1.63. The molecule has 0 N–H and O–H groups in total. The molecule has 1 saturated carbocycles. The van der Waals surface area contributed by atoms with Gasteiger partial charge in [0, 0.05) is 26.0 Å². The van der Waals surface area contributed by atoms with Crippen LogP contribution in [-0.2, 0) is 15.1 Å². The normalized spacial score (nSPS) is 26.0. The number of rotatable bonds is 4. The molecule has 1 aliphatic heterocycles. The molecule has 1 aliphatic carbocycles. The molecule has 116 valence electrons. The molecule has 5 heteroatoms. The lowest BCUT2D eigenvalue weighted by molar-refractivity contribution is -0.144. The maximum atomic E-state index is 12.7. The fourth-order valence-corrected chi connectivity index (χ4v) is 3.87. The number of aromatic nitrogens is 1. The molecule has 3 rings (SSSR count). The second kappa shape index (κ2) is 5.55. The van der Waals surface area contributed by atoms with Gasteiger partial charge < -0.3 is 9.80 Å². The van der Waals surface area contributed by atoms with E-state index in [-0.39, 0.29) is 23.9 Å². The van der Waals surface area contributed by atoms with Crippen molar-refractivity contribution in [1.82, 2.24) is 14.8 Å². The summed E-state index contributed by atoms with van der Waals surface area (Å²) in [5.41, 5.74) is 0.915. The van der Waals surface area contributed by atoms with Crippen LogP contribution in [0, 0.1) is 5.92 Å². The molecule has 0 spiro atoms. The van der Waals surface area contributed by atoms with Crippen molar-refractivity contribution in [2.24, 2.45) is 5.92 Å². The number of hydrogen-bond donors (Lipinski definition) is 0. The quantitative estimate of drug-likeness (QED) is 0.793. The summed E-state index contributed by atoms with van der Waals surface area (Å²) in [6, 6.07) is 3.98. The third-order valence-corrected chi connectivity index (χ3v) is 5.12. The first-order valence-corrected chi connectivity index (χ1v) is 7.68. The van der Waals surface area contributed by atoms with Gasteiger partial charge in [0.15, 0.2) is 0 Å². The summed E-state index contributed by atoms with van der Waals surface area (Å²) in [5.74, 6) is 0.290. The van der Waals surface area contributed by atoms with Gasteiger partial charge in [-0.1, -0.05) is 12.6 Å². The summed E-state index contributed by atoms with van der Waals surface area (Å²) in [6.07, 6.45) is 8.02. The van der Waals surface area contributed by atoms with Crippen LogP contribution in [0.25, 0.3) is 0 Å². The highest BCUT2D eigenvalue weighted by Crippen LogP contribution is 2.56. The maximum absolute atomic E-state index is 12.7. The minimum atomic E-state index is -0.229. The number of carbonyl (C=O) groups excluding carboxylic acids is 2. The molecule has 5 nitrogen and oxygen atoms in total. The van der Waals surface area contributed by atoms with Gasteiger partial charge in [0.05, 0.1) is 12.1 Å². The van der Waals surface area contributed by atoms with Crippen LogP contribution in [-0.4, -0.2) is 46.7 Å². The fraction of sp³-hybridized carbons (Fsp3) is 0.471. The molecular formula is C17H21N3O2. The number of likely N-dealkylation sites (tertiary alicyclic amines) is 1. The molecule has 2 amide bonds. The van der Waals surface area contributed by atoms with Crippen LogP contribution in [0.5, 0.6) is 0 Å². The van der Waals surface area contributed by atoms with E-state index >= 15 is 0 Å². The van der Waals surface area contributed by atoms with E-state index in [0.717, 1.165) is 31.4 Å². The molecule has 22 heavy (non-hydrogen) atoms. The number of pyridine rings is 1. The van der Waals surface area contributed by atoms with Gasteiger partial charge in [-0.25, -0.2) is 0 Å². The Kier molecular flexibility index (Phi) is 3.72. The number of carbonyl (C=O) groups is 2. The van der Waals surface area contributed by atoms with E-state index in [1.807, 2.05) is 17.2 Å². The zero-order valence-electron chi connectivity index (χ0n) is 12.9. The van der Waals surface area contributed by atoms with Gasteiger partial charge in [0.2, 0.25) is 11.8 Å². The lowest BCUT2D eigenvalue weighted by atomic mass is 9.64. The minimum Gasteiger partial charge on any atom is -0.333 e. The Morgan fingerprint density at radius 3 is 2.95 bits per heavy atom. The number of fused-ring (bicyclic) bond motifs is 1. The van der Waals surface area contributed by atoms with Crippen LogP contribution in [0.1, 0.15) is 24.8 Å². The standard InChI is InChI=1S/C17H21N3O2/c1-3-15(21)19(2)12-16(22)20-10-7-13-6-8-17(13,20)14-5-4-9-18-11-14/h3-5,9,11,13H,1,6-8,10,12H2,2H3/t13-,17-/m0/s1. The van der Waals surface area contributed by atoms with Crippen LogP contribution in [0.2, 0.25) is 0 Å². The zero-order chi connectivity index (χ0) is 15.7. The monoisotopic (exact) mass is 299 g/mol. The van der Waals surface area contributed by atoms with Gasteiger partial charge in [-0.05, 0) is 42.9 Å². The Morgan fingerprint density at radius 1 is 1.55 bits per heavy atom. The molecule has 1 aromatic rings. The fourth-order valence-electron chi connectivity index (χ4n) is 3.87. The Balaban J connectivity index is 1.83.